The minimum absolute atomic E-state index is 0.0830. The number of hydrogen-bond acceptors (Lipinski definition) is 3. The molecule has 1 saturated heterocycles. The lowest BCUT2D eigenvalue weighted by Gasteiger charge is -2.20. The molecule has 2 aliphatic rings. The molecule has 2 aromatic carbocycles. The van der Waals surface area contributed by atoms with Crippen molar-refractivity contribution in [3.63, 3.8) is 0 Å². The van der Waals surface area contributed by atoms with Crippen LogP contribution in [0, 0.1) is 0 Å². The third-order valence-corrected chi connectivity index (χ3v) is 5.37. The molecule has 1 amide bonds. The lowest BCUT2D eigenvalue weighted by atomic mass is 10.0. The second-order valence-electron chi connectivity index (χ2n) is 7.11. The van der Waals surface area contributed by atoms with Crippen LogP contribution in [0.2, 0.25) is 5.02 Å². The first kappa shape index (κ1) is 18.8. The van der Waals surface area contributed by atoms with Gasteiger partial charge in [0.1, 0.15) is 6.61 Å². The predicted octanol–water partition coefficient (Wildman–Crippen LogP) is 4.83. The summed E-state index contributed by atoms with van der Waals surface area (Å²) in [7, 11) is 0. The van der Waals surface area contributed by atoms with Crippen molar-refractivity contribution in [2.75, 3.05) is 26.2 Å². The van der Waals surface area contributed by atoms with E-state index >= 15 is 0 Å². The molecule has 1 fully saturated rings. The van der Waals surface area contributed by atoms with Crippen molar-refractivity contribution in [2.24, 2.45) is 4.99 Å². The summed E-state index contributed by atoms with van der Waals surface area (Å²) in [5.74, 6) is 0.824. The van der Waals surface area contributed by atoms with E-state index in [0.717, 1.165) is 50.4 Å². The molecule has 5 heteroatoms. The summed E-state index contributed by atoms with van der Waals surface area (Å²) in [6.07, 6.45) is 5.14. The molecule has 2 aliphatic heterocycles. The first-order valence-corrected chi connectivity index (χ1v) is 10.1. The van der Waals surface area contributed by atoms with Crippen LogP contribution in [0.1, 0.15) is 40.7 Å². The molecule has 0 spiro atoms. The van der Waals surface area contributed by atoms with Crippen LogP contribution in [0.25, 0.3) is 6.08 Å². The van der Waals surface area contributed by atoms with Crippen molar-refractivity contribution < 1.29 is 9.53 Å². The number of aliphatic imine (C=N–C) groups is 1. The van der Waals surface area contributed by atoms with E-state index in [4.69, 9.17) is 16.3 Å². The summed E-state index contributed by atoms with van der Waals surface area (Å²) in [6.45, 7) is 2.95. The number of halogens is 1. The largest absolute Gasteiger partial charge is 0.476 e. The molecule has 0 atom stereocenters. The van der Waals surface area contributed by atoms with E-state index in [0.29, 0.717) is 17.2 Å². The van der Waals surface area contributed by atoms with Crippen LogP contribution in [0.3, 0.4) is 0 Å². The molecule has 2 aromatic rings. The molecule has 0 unspecified atom stereocenters. The van der Waals surface area contributed by atoms with Gasteiger partial charge in [0, 0.05) is 29.2 Å². The quantitative estimate of drug-likeness (QED) is 0.748. The van der Waals surface area contributed by atoms with Crippen LogP contribution in [0.4, 0.5) is 0 Å². The van der Waals surface area contributed by atoms with Gasteiger partial charge in [-0.1, -0.05) is 35.4 Å². The average molecular weight is 395 g/mol. The highest BCUT2D eigenvalue weighted by Gasteiger charge is 2.19. The van der Waals surface area contributed by atoms with Gasteiger partial charge in [-0.25, -0.2) is 4.99 Å². The van der Waals surface area contributed by atoms with Gasteiger partial charge >= 0.3 is 0 Å². The zero-order valence-corrected chi connectivity index (χ0v) is 16.5. The molecule has 0 N–H and O–H groups in total. The van der Waals surface area contributed by atoms with E-state index < -0.39 is 0 Å². The van der Waals surface area contributed by atoms with Crippen LogP contribution >= 0.6 is 11.6 Å². The molecule has 4 nitrogen and oxygen atoms in total. The SMILES string of the molecule is O=C(c1ccc(Cl)cc1)N1CCCC(=Cc2ccc(C3=NCCO3)cc2)CC1. The number of rotatable bonds is 3. The number of likely N-dealkylation sites (tertiary alicyclic amines) is 1. The van der Waals surface area contributed by atoms with Crippen molar-refractivity contribution >= 4 is 29.5 Å². The smallest absolute Gasteiger partial charge is 0.253 e. The van der Waals surface area contributed by atoms with Crippen molar-refractivity contribution in [3.8, 4) is 0 Å². The number of ether oxygens (including phenoxy) is 1. The van der Waals surface area contributed by atoms with Gasteiger partial charge in [-0.05, 0) is 61.2 Å². The Morgan fingerprint density at radius 1 is 1.04 bits per heavy atom. The van der Waals surface area contributed by atoms with Gasteiger partial charge in [-0.2, -0.15) is 0 Å². The highest BCUT2D eigenvalue weighted by Crippen LogP contribution is 2.22. The summed E-state index contributed by atoms with van der Waals surface area (Å²) >= 11 is 5.93. The third kappa shape index (κ3) is 4.45. The van der Waals surface area contributed by atoms with Gasteiger partial charge < -0.3 is 9.64 Å². The van der Waals surface area contributed by atoms with Crippen LogP contribution < -0.4 is 0 Å². The Hall–Kier alpha value is -2.59. The molecular weight excluding hydrogens is 372 g/mol. The molecule has 0 radical (unpaired) electrons. The van der Waals surface area contributed by atoms with Crippen molar-refractivity contribution in [2.45, 2.75) is 19.3 Å². The van der Waals surface area contributed by atoms with Crippen molar-refractivity contribution in [1.29, 1.82) is 0 Å². The third-order valence-electron chi connectivity index (χ3n) is 5.12. The second-order valence-corrected chi connectivity index (χ2v) is 7.55. The fourth-order valence-electron chi connectivity index (χ4n) is 3.60. The van der Waals surface area contributed by atoms with Crippen LogP contribution in [-0.4, -0.2) is 42.9 Å². The molecule has 0 aromatic heterocycles. The fraction of sp³-hybridized carbons (Fsp3) is 0.304. The molecular formula is C23H23ClN2O2. The molecule has 144 valence electrons. The maximum Gasteiger partial charge on any atom is 0.253 e. The topological polar surface area (TPSA) is 41.9 Å². The number of benzene rings is 2. The first-order valence-electron chi connectivity index (χ1n) is 9.71. The summed E-state index contributed by atoms with van der Waals surface area (Å²) < 4.78 is 5.51. The molecule has 0 aliphatic carbocycles. The maximum atomic E-state index is 12.7. The fourth-order valence-corrected chi connectivity index (χ4v) is 3.73. The summed E-state index contributed by atoms with van der Waals surface area (Å²) in [5, 5.41) is 0.648. The standard InChI is InChI=1S/C23H23ClN2O2/c24-21-9-7-20(8-10-21)23(27)26-13-1-2-17(11-14-26)16-18-3-5-19(6-4-18)22-25-12-15-28-22/h3-10,16H,1-2,11-15H2. The minimum atomic E-state index is 0.0830. The van der Waals surface area contributed by atoms with Crippen molar-refractivity contribution in [3.05, 3.63) is 75.8 Å². The van der Waals surface area contributed by atoms with Crippen molar-refractivity contribution in [1.82, 2.24) is 4.90 Å². The molecule has 0 saturated carbocycles. The maximum absolute atomic E-state index is 12.7. The van der Waals surface area contributed by atoms with Gasteiger partial charge in [-0.3, -0.25) is 4.79 Å². The molecule has 4 rings (SSSR count). The average Bonchev–Trinajstić information content (AvgIpc) is 3.16. The normalized spacial score (nSPS) is 18.5. The Balaban J connectivity index is 1.40. The Bertz CT molecular complexity index is 901. The van der Waals surface area contributed by atoms with Gasteiger partial charge in [-0.15, -0.1) is 0 Å². The van der Waals surface area contributed by atoms with Crippen LogP contribution in [-0.2, 0) is 4.74 Å². The number of hydrogen-bond donors (Lipinski definition) is 0. The molecule has 28 heavy (non-hydrogen) atoms. The number of amides is 1. The monoisotopic (exact) mass is 394 g/mol. The lowest BCUT2D eigenvalue weighted by Crippen LogP contribution is -2.31. The van der Waals surface area contributed by atoms with E-state index in [1.54, 1.807) is 24.3 Å². The lowest BCUT2D eigenvalue weighted by molar-refractivity contribution is 0.0763. The Kier molecular flexibility index (Phi) is 5.77. The van der Waals surface area contributed by atoms with E-state index in [9.17, 15) is 4.79 Å². The van der Waals surface area contributed by atoms with Gasteiger partial charge in [0.15, 0.2) is 0 Å². The second kappa shape index (κ2) is 8.61. The summed E-state index contributed by atoms with van der Waals surface area (Å²) in [4.78, 5) is 19.0. The number of nitrogens with zero attached hydrogens (tertiary/aromatic N) is 2. The zero-order chi connectivity index (χ0) is 19.3. The van der Waals surface area contributed by atoms with Crippen LogP contribution in [0.15, 0.2) is 59.1 Å². The zero-order valence-electron chi connectivity index (χ0n) is 15.7. The van der Waals surface area contributed by atoms with E-state index in [-0.39, 0.29) is 5.91 Å². The van der Waals surface area contributed by atoms with Crippen LogP contribution in [0.5, 0.6) is 0 Å². The van der Waals surface area contributed by atoms with E-state index in [2.05, 4.69) is 35.3 Å². The number of carbonyl (C=O) groups excluding carboxylic acids is 1. The van der Waals surface area contributed by atoms with Gasteiger partial charge in [0.05, 0.1) is 6.54 Å². The highest BCUT2D eigenvalue weighted by molar-refractivity contribution is 6.30. The predicted molar refractivity (Wildman–Crippen MR) is 113 cm³/mol. The Labute approximate surface area is 170 Å². The molecule has 2 heterocycles. The Morgan fingerprint density at radius 2 is 1.82 bits per heavy atom. The first-order chi connectivity index (χ1) is 13.7. The molecule has 0 bridgehead atoms. The Morgan fingerprint density at radius 3 is 2.54 bits per heavy atom. The highest BCUT2D eigenvalue weighted by atomic mass is 35.5. The van der Waals surface area contributed by atoms with Gasteiger partial charge in [0.2, 0.25) is 5.90 Å². The number of carbonyl (C=O) groups is 1. The summed E-state index contributed by atoms with van der Waals surface area (Å²) in [5.41, 5.74) is 4.29. The summed E-state index contributed by atoms with van der Waals surface area (Å²) in [6, 6.07) is 15.5. The van der Waals surface area contributed by atoms with E-state index in [1.807, 2.05) is 4.90 Å². The van der Waals surface area contributed by atoms with Gasteiger partial charge in [0.25, 0.3) is 5.91 Å². The van der Waals surface area contributed by atoms with E-state index in [1.165, 1.54) is 11.1 Å². The minimum Gasteiger partial charge on any atom is -0.476 e.